The van der Waals surface area contributed by atoms with Crippen molar-refractivity contribution in [2.24, 2.45) is 0 Å². The molecule has 0 aliphatic carbocycles. The fourth-order valence-electron chi connectivity index (χ4n) is 3.19. The van der Waals surface area contributed by atoms with Gasteiger partial charge in [0.25, 0.3) is 0 Å². The summed E-state index contributed by atoms with van der Waals surface area (Å²) in [5, 5.41) is 0. The summed E-state index contributed by atoms with van der Waals surface area (Å²) in [6, 6.07) is 8.60. The van der Waals surface area contributed by atoms with Crippen LogP contribution in [0.15, 0.2) is 36.4 Å². The molecule has 0 aromatic heterocycles. The first kappa shape index (κ1) is 18.1. The van der Waals surface area contributed by atoms with Crippen LogP contribution in [0.3, 0.4) is 0 Å². The molecule has 0 heterocycles. The topological polar surface area (TPSA) is 18.5 Å². The van der Waals surface area contributed by atoms with Gasteiger partial charge in [-0.1, -0.05) is 35.4 Å². The van der Waals surface area contributed by atoms with Crippen molar-refractivity contribution in [2.75, 3.05) is 13.2 Å². The standard InChI is InChI=1S/C22H28O2/c1-15-11-17(3)21(18(4)12-15)23-9-7-8-10-24-22-19(5)13-16(2)14-20(22)6/h7-8,11-14H,9-10H2,1-6H3/b8-7-. The van der Waals surface area contributed by atoms with Gasteiger partial charge in [0.05, 0.1) is 0 Å². The molecule has 0 amide bonds. The van der Waals surface area contributed by atoms with Crippen LogP contribution >= 0.6 is 0 Å². The van der Waals surface area contributed by atoms with E-state index in [4.69, 9.17) is 9.47 Å². The van der Waals surface area contributed by atoms with Crippen molar-refractivity contribution in [3.63, 3.8) is 0 Å². The van der Waals surface area contributed by atoms with E-state index in [0.29, 0.717) is 13.2 Å². The van der Waals surface area contributed by atoms with Gasteiger partial charge in [0.2, 0.25) is 0 Å². The number of hydrogen-bond donors (Lipinski definition) is 0. The second-order valence-electron chi connectivity index (χ2n) is 6.55. The van der Waals surface area contributed by atoms with E-state index >= 15 is 0 Å². The molecular weight excluding hydrogens is 296 g/mol. The van der Waals surface area contributed by atoms with Crippen molar-refractivity contribution < 1.29 is 9.47 Å². The zero-order chi connectivity index (χ0) is 17.7. The van der Waals surface area contributed by atoms with Crippen LogP contribution in [-0.2, 0) is 0 Å². The summed E-state index contributed by atoms with van der Waals surface area (Å²) in [6.45, 7) is 13.7. The zero-order valence-electron chi connectivity index (χ0n) is 15.7. The molecule has 0 aliphatic rings. The van der Waals surface area contributed by atoms with Crippen LogP contribution in [0.25, 0.3) is 0 Å². The Morgan fingerprint density at radius 3 is 1.17 bits per heavy atom. The first-order valence-corrected chi connectivity index (χ1v) is 8.44. The summed E-state index contributed by atoms with van der Waals surface area (Å²) in [6.07, 6.45) is 4.02. The third kappa shape index (κ3) is 4.64. The van der Waals surface area contributed by atoms with E-state index in [1.54, 1.807) is 0 Å². The monoisotopic (exact) mass is 324 g/mol. The fraction of sp³-hybridized carbons (Fsp3) is 0.364. The average molecular weight is 324 g/mol. The van der Waals surface area contributed by atoms with Crippen LogP contribution < -0.4 is 9.47 Å². The Labute approximate surface area is 146 Å². The van der Waals surface area contributed by atoms with E-state index in [0.717, 1.165) is 11.5 Å². The predicted molar refractivity (Wildman–Crippen MR) is 101 cm³/mol. The molecule has 0 bridgehead atoms. The molecule has 2 rings (SSSR count). The lowest BCUT2D eigenvalue weighted by Gasteiger charge is -2.12. The van der Waals surface area contributed by atoms with Gasteiger partial charge in [0.1, 0.15) is 24.7 Å². The SMILES string of the molecule is Cc1cc(C)c(OC/C=C\COc2c(C)cc(C)cc2C)c(C)c1. The molecule has 2 aromatic rings. The molecule has 0 saturated carbocycles. The Morgan fingerprint density at radius 1 is 0.583 bits per heavy atom. The summed E-state index contributed by atoms with van der Waals surface area (Å²) >= 11 is 0. The van der Waals surface area contributed by atoms with Gasteiger partial charge < -0.3 is 9.47 Å². The van der Waals surface area contributed by atoms with Gasteiger partial charge in [-0.25, -0.2) is 0 Å². The van der Waals surface area contributed by atoms with Gasteiger partial charge in [0, 0.05) is 0 Å². The lowest BCUT2D eigenvalue weighted by Crippen LogP contribution is -2.01. The summed E-state index contributed by atoms with van der Waals surface area (Å²) in [5.41, 5.74) is 7.27. The normalized spacial score (nSPS) is 11.1. The highest BCUT2D eigenvalue weighted by molar-refractivity contribution is 5.43. The third-order valence-corrected chi connectivity index (χ3v) is 4.02. The molecule has 2 aromatic carbocycles. The van der Waals surface area contributed by atoms with Crippen LogP contribution in [0.2, 0.25) is 0 Å². The molecule has 0 unspecified atom stereocenters. The smallest absolute Gasteiger partial charge is 0.125 e. The van der Waals surface area contributed by atoms with Crippen LogP contribution in [0.1, 0.15) is 33.4 Å². The lowest BCUT2D eigenvalue weighted by molar-refractivity contribution is 0.345. The van der Waals surface area contributed by atoms with Crippen molar-refractivity contribution in [1.29, 1.82) is 0 Å². The first-order valence-electron chi connectivity index (χ1n) is 8.44. The van der Waals surface area contributed by atoms with Crippen molar-refractivity contribution in [3.8, 4) is 11.5 Å². The molecule has 24 heavy (non-hydrogen) atoms. The first-order chi connectivity index (χ1) is 11.4. The molecule has 2 heteroatoms. The van der Waals surface area contributed by atoms with Crippen LogP contribution in [0.4, 0.5) is 0 Å². The molecule has 0 spiro atoms. The molecule has 0 radical (unpaired) electrons. The Kier molecular flexibility index (Phi) is 6.08. The minimum atomic E-state index is 0.556. The average Bonchev–Trinajstić information content (AvgIpc) is 2.46. The zero-order valence-corrected chi connectivity index (χ0v) is 15.7. The molecule has 0 atom stereocenters. The fourth-order valence-corrected chi connectivity index (χ4v) is 3.19. The maximum Gasteiger partial charge on any atom is 0.125 e. The number of hydrogen-bond acceptors (Lipinski definition) is 2. The Morgan fingerprint density at radius 2 is 0.875 bits per heavy atom. The Balaban J connectivity index is 1.86. The Hall–Kier alpha value is -2.22. The largest absolute Gasteiger partial charge is 0.489 e. The van der Waals surface area contributed by atoms with Crippen LogP contribution in [0.5, 0.6) is 11.5 Å². The van der Waals surface area contributed by atoms with Gasteiger partial charge >= 0.3 is 0 Å². The van der Waals surface area contributed by atoms with E-state index in [1.165, 1.54) is 33.4 Å². The molecule has 2 nitrogen and oxygen atoms in total. The quantitative estimate of drug-likeness (QED) is 0.648. The summed E-state index contributed by atoms with van der Waals surface area (Å²) < 4.78 is 11.8. The number of aryl methyl sites for hydroxylation is 6. The molecule has 0 aliphatic heterocycles. The second-order valence-corrected chi connectivity index (χ2v) is 6.55. The maximum atomic E-state index is 5.90. The van der Waals surface area contributed by atoms with Crippen molar-refractivity contribution in [2.45, 2.75) is 41.5 Å². The number of rotatable bonds is 6. The van der Waals surface area contributed by atoms with Gasteiger partial charge in [-0.05, 0) is 75.9 Å². The molecule has 0 fully saturated rings. The number of ether oxygens (including phenoxy) is 2. The van der Waals surface area contributed by atoms with Crippen LogP contribution in [-0.4, -0.2) is 13.2 Å². The Bertz CT molecular complexity index is 632. The van der Waals surface area contributed by atoms with Gasteiger partial charge in [-0.3, -0.25) is 0 Å². The van der Waals surface area contributed by atoms with E-state index in [-0.39, 0.29) is 0 Å². The molecule has 0 saturated heterocycles. The van der Waals surface area contributed by atoms with Gasteiger partial charge in [-0.15, -0.1) is 0 Å². The van der Waals surface area contributed by atoms with E-state index in [9.17, 15) is 0 Å². The molecular formula is C22H28O2. The highest BCUT2D eigenvalue weighted by Crippen LogP contribution is 2.25. The van der Waals surface area contributed by atoms with E-state index < -0.39 is 0 Å². The second kappa shape index (κ2) is 8.05. The van der Waals surface area contributed by atoms with Crippen molar-refractivity contribution in [3.05, 3.63) is 69.8 Å². The highest BCUT2D eigenvalue weighted by atomic mass is 16.5. The van der Waals surface area contributed by atoms with Crippen molar-refractivity contribution in [1.82, 2.24) is 0 Å². The van der Waals surface area contributed by atoms with Crippen LogP contribution in [0, 0.1) is 41.5 Å². The van der Waals surface area contributed by atoms with Gasteiger partial charge in [0.15, 0.2) is 0 Å². The summed E-state index contributed by atoms with van der Waals surface area (Å²) in [7, 11) is 0. The van der Waals surface area contributed by atoms with E-state index in [1.807, 2.05) is 12.2 Å². The molecule has 0 N–H and O–H groups in total. The van der Waals surface area contributed by atoms with Crippen molar-refractivity contribution >= 4 is 0 Å². The van der Waals surface area contributed by atoms with Gasteiger partial charge in [-0.2, -0.15) is 0 Å². The molecule has 128 valence electrons. The third-order valence-electron chi connectivity index (χ3n) is 4.02. The number of benzene rings is 2. The minimum absolute atomic E-state index is 0.556. The van der Waals surface area contributed by atoms with E-state index in [2.05, 4.69) is 65.8 Å². The maximum absolute atomic E-state index is 5.90. The highest BCUT2D eigenvalue weighted by Gasteiger charge is 2.05. The lowest BCUT2D eigenvalue weighted by atomic mass is 10.1. The summed E-state index contributed by atoms with van der Waals surface area (Å²) in [4.78, 5) is 0. The predicted octanol–water partition coefficient (Wildman–Crippen LogP) is 5.55. The summed E-state index contributed by atoms with van der Waals surface area (Å²) in [5.74, 6) is 1.97. The minimum Gasteiger partial charge on any atom is -0.489 e.